The second kappa shape index (κ2) is 8.84. The lowest BCUT2D eigenvalue weighted by molar-refractivity contribution is -0.137. The van der Waals surface area contributed by atoms with Crippen LogP contribution in [0.15, 0.2) is 59.5 Å². The summed E-state index contributed by atoms with van der Waals surface area (Å²) in [6, 6.07) is 15.8. The van der Waals surface area contributed by atoms with Crippen molar-refractivity contribution in [1.29, 1.82) is 0 Å². The van der Waals surface area contributed by atoms with E-state index in [0.29, 0.717) is 24.7 Å². The van der Waals surface area contributed by atoms with Crippen LogP contribution >= 0.6 is 11.6 Å². The van der Waals surface area contributed by atoms with E-state index in [1.807, 2.05) is 30.3 Å². The van der Waals surface area contributed by atoms with Crippen molar-refractivity contribution >= 4 is 27.5 Å². The van der Waals surface area contributed by atoms with Crippen LogP contribution in [0.25, 0.3) is 0 Å². The third-order valence-electron chi connectivity index (χ3n) is 4.36. The van der Waals surface area contributed by atoms with Crippen LogP contribution < -0.4 is 0 Å². The van der Waals surface area contributed by atoms with Gasteiger partial charge in [-0.1, -0.05) is 48.0 Å². The van der Waals surface area contributed by atoms with Crippen LogP contribution in [-0.4, -0.2) is 56.3 Å². The van der Waals surface area contributed by atoms with Gasteiger partial charge in [0, 0.05) is 31.2 Å². The summed E-state index contributed by atoms with van der Waals surface area (Å²) in [6.07, 6.45) is 0. The summed E-state index contributed by atoms with van der Waals surface area (Å²) in [5.74, 6) is -0.134. The van der Waals surface area contributed by atoms with Gasteiger partial charge in [-0.25, -0.2) is 8.42 Å². The third kappa shape index (κ3) is 5.07. The zero-order chi connectivity index (χ0) is 19.3. The van der Waals surface area contributed by atoms with Crippen molar-refractivity contribution in [2.75, 3.05) is 32.8 Å². The molecule has 0 aromatic heterocycles. The van der Waals surface area contributed by atoms with Crippen molar-refractivity contribution < 1.29 is 17.9 Å². The summed E-state index contributed by atoms with van der Waals surface area (Å²) in [6.45, 7) is 1.53. The Bertz CT molecular complexity index is 882. The fraction of sp³-hybridized carbons (Fsp3) is 0.316. The molecule has 1 aliphatic rings. The monoisotopic (exact) mass is 408 g/mol. The predicted octanol–water partition coefficient (Wildman–Crippen LogP) is 2.39. The number of benzene rings is 2. The molecular formula is C19H21ClN2O4S. The molecule has 3 rings (SSSR count). The number of carbonyl (C=O) groups excluding carboxylic acids is 1. The molecule has 144 valence electrons. The van der Waals surface area contributed by atoms with E-state index in [4.69, 9.17) is 16.3 Å². The van der Waals surface area contributed by atoms with E-state index >= 15 is 0 Å². The van der Waals surface area contributed by atoms with Crippen molar-refractivity contribution in [3.8, 4) is 0 Å². The molecule has 0 radical (unpaired) electrons. The first-order valence-corrected chi connectivity index (χ1v) is 10.4. The fourth-order valence-corrected chi connectivity index (χ4v) is 4.60. The lowest BCUT2D eigenvalue weighted by atomic mass is 10.2. The SMILES string of the molecule is O=C(COCc1ccccc1)N1CCN(S(=O)(=O)c2cccc(Cl)c2)CC1. The minimum absolute atomic E-state index is 0.0179. The Balaban J connectivity index is 1.50. The zero-order valence-electron chi connectivity index (χ0n) is 14.8. The molecule has 0 saturated carbocycles. The zero-order valence-corrected chi connectivity index (χ0v) is 16.3. The normalized spacial score (nSPS) is 15.7. The molecule has 27 heavy (non-hydrogen) atoms. The van der Waals surface area contributed by atoms with E-state index < -0.39 is 10.0 Å². The van der Waals surface area contributed by atoms with Gasteiger partial charge in [-0.05, 0) is 23.8 Å². The molecular weight excluding hydrogens is 388 g/mol. The molecule has 1 saturated heterocycles. The first-order valence-electron chi connectivity index (χ1n) is 8.62. The van der Waals surface area contributed by atoms with Crippen LogP contribution in [0.4, 0.5) is 0 Å². The molecule has 6 nitrogen and oxygen atoms in total. The summed E-state index contributed by atoms with van der Waals surface area (Å²) in [5, 5.41) is 0.375. The summed E-state index contributed by atoms with van der Waals surface area (Å²) in [4.78, 5) is 14.1. The van der Waals surface area contributed by atoms with Gasteiger partial charge in [-0.15, -0.1) is 0 Å². The van der Waals surface area contributed by atoms with Gasteiger partial charge >= 0.3 is 0 Å². The number of ether oxygens (including phenoxy) is 1. The topological polar surface area (TPSA) is 66.9 Å². The van der Waals surface area contributed by atoms with Crippen molar-refractivity contribution in [2.45, 2.75) is 11.5 Å². The number of hydrogen-bond donors (Lipinski definition) is 0. The van der Waals surface area contributed by atoms with Crippen LogP contribution in [0.3, 0.4) is 0 Å². The highest BCUT2D eigenvalue weighted by Crippen LogP contribution is 2.21. The molecule has 8 heteroatoms. The smallest absolute Gasteiger partial charge is 0.248 e. The Hall–Kier alpha value is -1.93. The molecule has 0 atom stereocenters. The third-order valence-corrected chi connectivity index (χ3v) is 6.49. The van der Waals surface area contributed by atoms with E-state index in [9.17, 15) is 13.2 Å². The summed E-state index contributed by atoms with van der Waals surface area (Å²) < 4.78 is 32.2. The molecule has 1 aliphatic heterocycles. The maximum atomic E-state index is 12.7. The van der Waals surface area contributed by atoms with E-state index in [1.54, 1.807) is 17.0 Å². The largest absolute Gasteiger partial charge is 0.367 e. The first kappa shape index (κ1) is 19.8. The minimum atomic E-state index is -3.61. The van der Waals surface area contributed by atoms with Crippen molar-refractivity contribution in [3.05, 3.63) is 65.2 Å². The molecule has 2 aromatic carbocycles. The number of nitrogens with zero attached hydrogens (tertiary/aromatic N) is 2. The standard InChI is InChI=1S/C19H21ClN2O4S/c20-17-7-4-8-18(13-17)27(24,25)22-11-9-21(10-12-22)19(23)15-26-14-16-5-2-1-3-6-16/h1-8,13H,9-12,14-15H2. The molecule has 0 spiro atoms. The number of amides is 1. The maximum Gasteiger partial charge on any atom is 0.248 e. The average Bonchev–Trinajstić information content (AvgIpc) is 2.69. The number of sulfonamides is 1. The molecule has 1 fully saturated rings. The molecule has 0 N–H and O–H groups in total. The van der Waals surface area contributed by atoms with Crippen LogP contribution in [-0.2, 0) is 26.2 Å². The Morgan fingerprint density at radius 3 is 2.37 bits per heavy atom. The van der Waals surface area contributed by atoms with E-state index in [2.05, 4.69) is 0 Å². The Morgan fingerprint density at radius 1 is 1.00 bits per heavy atom. The summed E-state index contributed by atoms with van der Waals surface area (Å²) in [7, 11) is -3.61. The highest BCUT2D eigenvalue weighted by Gasteiger charge is 2.30. The van der Waals surface area contributed by atoms with E-state index in [-0.39, 0.29) is 30.5 Å². The second-order valence-electron chi connectivity index (χ2n) is 6.22. The van der Waals surface area contributed by atoms with Crippen LogP contribution in [0.5, 0.6) is 0 Å². The number of halogens is 1. The van der Waals surface area contributed by atoms with Gasteiger partial charge in [0.2, 0.25) is 15.9 Å². The van der Waals surface area contributed by atoms with Gasteiger partial charge in [0.1, 0.15) is 6.61 Å². The van der Waals surface area contributed by atoms with Gasteiger partial charge in [-0.2, -0.15) is 4.31 Å². The number of hydrogen-bond acceptors (Lipinski definition) is 4. The van der Waals surface area contributed by atoms with Crippen LogP contribution in [0.2, 0.25) is 5.02 Å². The van der Waals surface area contributed by atoms with Gasteiger partial charge in [-0.3, -0.25) is 4.79 Å². The first-order chi connectivity index (χ1) is 13.0. The molecule has 0 aliphatic carbocycles. The lowest BCUT2D eigenvalue weighted by Gasteiger charge is -2.34. The van der Waals surface area contributed by atoms with E-state index in [0.717, 1.165) is 5.56 Å². The highest BCUT2D eigenvalue weighted by molar-refractivity contribution is 7.89. The Labute approximate surface area is 164 Å². The molecule has 0 unspecified atom stereocenters. The predicted molar refractivity (Wildman–Crippen MR) is 103 cm³/mol. The number of piperazine rings is 1. The number of carbonyl (C=O) groups is 1. The second-order valence-corrected chi connectivity index (χ2v) is 8.60. The fourth-order valence-electron chi connectivity index (χ4n) is 2.88. The van der Waals surface area contributed by atoms with Crippen molar-refractivity contribution in [3.63, 3.8) is 0 Å². The summed E-state index contributed by atoms with van der Waals surface area (Å²) >= 11 is 5.90. The highest BCUT2D eigenvalue weighted by atomic mass is 35.5. The number of rotatable bonds is 6. The molecule has 2 aromatic rings. The Morgan fingerprint density at radius 2 is 1.70 bits per heavy atom. The summed E-state index contributed by atoms with van der Waals surface area (Å²) in [5.41, 5.74) is 1.00. The average molecular weight is 409 g/mol. The Kier molecular flexibility index (Phi) is 6.49. The van der Waals surface area contributed by atoms with Gasteiger partial charge < -0.3 is 9.64 Å². The molecule has 1 amide bonds. The molecule has 1 heterocycles. The van der Waals surface area contributed by atoms with Crippen molar-refractivity contribution in [2.24, 2.45) is 0 Å². The van der Waals surface area contributed by atoms with Crippen molar-refractivity contribution in [1.82, 2.24) is 9.21 Å². The lowest BCUT2D eigenvalue weighted by Crippen LogP contribution is -2.51. The van der Waals surface area contributed by atoms with Gasteiger partial charge in [0.05, 0.1) is 11.5 Å². The minimum Gasteiger partial charge on any atom is -0.367 e. The van der Waals surface area contributed by atoms with Crippen LogP contribution in [0, 0.1) is 0 Å². The van der Waals surface area contributed by atoms with Crippen LogP contribution in [0.1, 0.15) is 5.56 Å². The molecule has 0 bridgehead atoms. The van der Waals surface area contributed by atoms with Gasteiger partial charge in [0.15, 0.2) is 0 Å². The maximum absolute atomic E-state index is 12.7. The van der Waals surface area contributed by atoms with E-state index in [1.165, 1.54) is 16.4 Å². The van der Waals surface area contributed by atoms with Gasteiger partial charge in [0.25, 0.3) is 0 Å². The quantitative estimate of drug-likeness (QED) is 0.736.